The molecule has 1 aromatic carbocycles. The fraction of sp³-hybridized carbons (Fsp3) is 0.804. The number of benzene rings is 1. The highest BCUT2D eigenvalue weighted by molar-refractivity contribution is 7.86. The van der Waals surface area contributed by atoms with Gasteiger partial charge in [0, 0.05) is 31.6 Å². The van der Waals surface area contributed by atoms with Crippen LogP contribution in [0, 0.1) is 18.8 Å². The number of hydrogen-bond acceptors (Lipinski definition) is 15. The quantitative estimate of drug-likeness (QED) is 0.119. The average Bonchev–Trinajstić information content (AvgIpc) is 3.75. The van der Waals surface area contributed by atoms with Crippen LogP contribution in [0.5, 0.6) is 0 Å². The van der Waals surface area contributed by atoms with Gasteiger partial charge in [0.15, 0.2) is 14.1 Å². The molecule has 10 fully saturated rings. The Morgan fingerprint density at radius 1 is 0.767 bits per heavy atom. The van der Waals surface area contributed by atoms with E-state index in [9.17, 15) is 18.3 Å². The van der Waals surface area contributed by atoms with Gasteiger partial charge < -0.3 is 52.2 Å². The summed E-state index contributed by atoms with van der Waals surface area (Å²) in [6, 6.07) is 6.57. The second-order valence-electron chi connectivity index (χ2n) is 24.8. The van der Waals surface area contributed by atoms with Crippen LogP contribution >= 0.6 is 0 Å². The molecule has 0 radical (unpaired) electrons. The van der Waals surface area contributed by atoms with Gasteiger partial charge in [0.25, 0.3) is 10.1 Å². The minimum absolute atomic E-state index is 0.0113. The van der Waals surface area contributed by atoms with Crippen molar-refractivity contribution < 1.29 is 69.6 Å². The van der Waals surface area contributed by atoms with E-state index in [1.807, 2.05) is 6.92 Å². The molecule has 73 heavy (non-hydrogen) atoms. The number of carbonyl (C=O) groups excluding carboxylic acids is 1. The van der Waals surface area contributed by atoms with Crippen molar-refractivity contribution in [3.63, 3.8) is 0 Å². The molecule has 408 valence electrons. The first-order valence-corrected chi connectivity index (χ1v) is 32.0. The van der Waals surface area contributed by atoms with Gasteiger partial charge in [-0.25, -0.2) is 0 Å². The highest BCUT2D eigenvalue weighted by atomic mass is 32.2. The molecule has 0 amide bonds. The van der Waals surface area contributed by atoms with Crippen LogP contribution in [0.3, 0.4) is 0 Å². The molecule has 0 saturated carbocycles. The maximum Gasteiger partial charge on any atom is 0.308 e. The molecule has 1 aromatic rings. The van der Waals surface area contributed by atoms with Gasteiger partial charge in [-0.2, -0.15) is 8.42 Å². The summed E-state index contributed by atoms with van der Waals surface area (Å²) >= 11 is 0. The summed E-state index contributed by atoms with van der Waals surface area (Å²) in [5, 5.41) is 11.8. The largest absolute Gasteiger partial charge is 0.459 e. The van der Waals surface area contributed by atoms with E-state index < -0.39 is 79.2 Å². The first-order valence-electron chi connectivity index (χ1n) is 27.7. The van der Waals surface area contributed by atoms with Gasteiger partial charge in [-0.15, -0.1) is 0 Å². The van der Waals surface area contributed by atoms with Crippen molar-refractivity contribution in [3.05, 3.63) is 54.1 Å². The highest BCUT2D eigenvalue weighted by Gasteiger charge is 2.69. The zero-order valence-corrected chi connectivity index (χ0v) is 46.6. The van der Waals surface area contributed by atoms with Gasteiger partial charge in [-0.1, -0.05) is 78.8 Å². The van der Waals surface area contributed by atoms with Crippen LogP contribution in [0.2, 0.25) is 18.1 Å². The van der Waals surface area contributed by atoms with E-state index in [4.69, 9.17) is 51.2 Å². The van der Waals surface area contributed by atoms with E-state index in [2.05, 4.69) is 67.8 Å². The minimum atomic E-state index is -4.22. The molecular formula is C56H84O15SSi. The lowest BCUT2D eigenvalue weighted by Gasteiger charge is -2.53. The molecule has 0 aliphatic carbocycles. The molecule has 17 heteroatoms. The third-order valence-electron chi connectivity index (χ3n) is 18.5. The predicted octanol–water partition coefficient (Wildman–Crippen LogP) is 8.71. The van der Waals surface area contributed by atoms with Crippen LogP contribution in [0.1, 0.15) is 137 Å². The first-order chi connectivity index (χ1) is 34.5. The van der Waals surface area contributed by atoms with Crippen molar-refractivity contribution in [1.82, 2.24) is 0 Å². The number of hydrogen-bond donors (Lipinski definition) is 1. The van der Waals surface area contributed by atoms with Crippen LogP contribution < -0.4 is 0 Å². The molecular weight excluding hydrogens is 973 g/mol. The molecule has 21 atom stereocenters. The zero-order chi connectivity index (χ0) is 51.9. The molecule has 15 nitrogen and oxygen atoms in total. The lowest BCUT2D eigenvalue weighted by atomic mass is 9.79. The van der Waals surface area contributed by atoms with E-state index in [0.717, 1.165) is 24.0 Å². The number of aliphatic hydroxyl groups excluding tert-OH is 1. The van der Waals surface area contributed by atoms with Crippen LogP contribution in [-0.2, 0) is 66.2 Å². The molecule has 0 aromatic heterocycles. The Kier molecular flexibility index (Phi) is 15.6. The van der Waals surface area contributed by atoms with E-state index in [0.29, 0.717) is 56.9 Å². The van der Waals surface area contributed by atoms with E-state index >= 15 is 0 Å². The average molecular weight is 1060 g/mol. The number of ether oxygens (including phenoxy) is 9. The molecule has 11 rings (SSSR count). The molecule has 10 heterocycles. The smallest absolute Gasteiger partial charge is 0.308 e. The topological polar surface area (TPSA) is 173 Å². The summed E-state index contributed by atoms with van der Waals surface area (Å²) in [4.78, 5) is 14.6. The first kappa shape index (κ1) is 54.3. The van der Waals surface area contributed by atoms with Crippen molar-refractivity contribution in [3.8, 4) is 0 Å². The number of fused-ring (bicyclic) bond motifs is 5. The Bertz CT molecular complexity index is 2290. The third kappa shape index (κ3) is 11.0. The predicted molar refractivity (Wildman–Crippen MR) is 273 cm³/mol. The number of rotatable bonds is 7. The van der Waals surface area contributed by atoms with Crippen molar-refractivity contribution in [2.45, 2.75) is 277 Å². The Labute approximate surface area is 435 Å². The van der Waals surface area contributed by atoms with Crippen LogP contribution in [0.4, 0.5) is 0 Å². The second kappa shape index (κ2) is 20.9. The third-order valence-corrected chi connectivity index (χ3v) is 24.3. The standard InChI is InChI=1S/C56H84O15SSi/c1-12-13-40-43(71-73(10,11)55(7,8)9)28-45-48(64-40)34(6)49-44(63-45)27-42-33(5)31(3)24-35(61-42)16-20-39(57)32(4)25-37(70-72(59,60)38-18-14-30(2)15-19-38)22-23-56-29-46-51(68-56)52-53(66-46)54(69-56)50-41(65-52)21-17-36(62-50)26-47(58)67-49/h14-15,18-19,31,34-37,39-46,48-54,57H,4-5,12-13,16-17,20-29H2,1-3,6-11H3/t31-,34+,35?,36?,37-,39+,40-,41+,42-,43-,44?,45?,46-,48+,49-,50+,51+,52+,53?,54+,56+/m1/s1. The molecule has 1 N–H and O–H groups in total. The number of esters is 1. The highest BCUT2D eigenvalue weighted by Crippen LogP contribution is 2.54. The number of aryl methyl sites for hydroxylation is 1. The summed E-state index contributed by atoms with van der Waals surface area (Å²) in [6.45, 7) is 28.6. The Hall–Kier alpha value is -2.10. The number of aliphatic hydroxyl groups is 1. The minimum Gasteiger partial charge on any atom is -0.459 e. The normalized spacial score (nSPS) is 44.6. The molecule has 5 unspecified atom stereocenters. The lowest BCUT2D eigenvalue weighted by Crippen LogP contribution is -2.63. The fourth-order valence-electron chi connectivity index (χ4n) is 13.2. The fourth-order valence-corrected chi connectivity index (χ4v) is 15.7. The summed E-state index contributed by atoms with van der Waals surface area (Å²) in [7, 11) is -6.40. The van der Waals surface area contributed by atoms with Gasteiger partial charge in [-0.3, -0.25) is 8.98 Å². The summed E-state index contributed by atoms with van der Waals surface area (Å²) in [5.41, 5.74) is 2.34. The monoisotopic (exact) mass is 1060 g/mol. The molecule has 10 bridgehead atoms. The SMILES string of the molecule is C=C1C[C@H](OS(=O)(=O)c2ccc(C)cc2)CC[C@@]23C[C@H]4OC5[C@@H](O[C@H]6CCC(CC(=O)O[C@H]7C(C[C@H]8OC(CC[C@@H]1O)C[C@@H](C)C8=C)OC1C[C@@H](O[Si](C)(C)C(C)(C)C)[C@@H](CCC)O[C@H]1[C@@H]7C)O[C@@H]6[C@@H]5O2)[C@H]4O3. The zero-order valence-electron chi connectivity index (χ0n) is 44.7. The Morgan fingerprint density at radius 2 is 1.47 bits per heavy atom. The van der Waals surface area contributed by atoms with Gasteiger partial charge in [0.1, 0.15) is 36.6 Å². The maximum atomic E-state index is 14.5. The van der Waals surface area contributed by atoms with Crippen molar-refractivity contribution in [1.29, 1.82) is 0 Å². The molecule has 1 spiro atoms. The molecule has 10 aliphatic heterocycles. The lowest BCUT2D eigenvalue weighted by molar-refractivity contribution is -0.293. The summed E-state index contributed by atoms with van der Waals surface area (Å²) < 4.78 is 103. The number of carbonyl (C=O) groups is 1. The Balaban J connectivity index is 0.941. The van der Waals surface area contributed by atoms with Gasteiger partial charge >= 0.3 is 5.97 Å². The van der Waals surface area contributed by atoms with Crippen molar-refractivity contribution in [2.24, 2.45) is 11.8 Å². The van der Waals surface area contributed by atoms with E-state index in [-0.39, 0.29) is 108 Å². The summed E-state index contributed by atoms with van der Waals surface area (Å²) in [5.74, 6) is -1.62. The second-order valence-corrected chi connectivity index (χ2v) is 31.2. The van der Waals surface area contributed by atoms with Crippen LogP contribution in [0.15, 0.2) is 53.5 Å². The van der Waals surface area contributed by atoms with Gasteiger partial charge in [-0.05, 0) is 106 Å². The van der Waals surface area contributed by atoms with Crippen molar-refractivity contribution >= 4 is 24.4 Å². The molecule has 10 saturated heterocycles. The van der Waals surface area contributed by atoms with Crippen LogP contribution in [0.25, 0.3) is 0 Å². The Morgan fingerprint density at radius 3 is 2.21 bits per heavy atom. The van der Waals surface area contributed by atoms with Gasteiger partial charge in [0.2, 0.25) is 0 Å². The maximum absolute atomic E-state index is 14.5. The summed E-state index contributed by atoms with van der Waals surface area (Å²) in [6.07, 6.45) is -1.22. The van der Waals surface area contributed by atoms with E-state index in [1.165, 1.54) is 0 Å². The van der Waals surface area contributed by atoms with Gasteiger partial charge in [0.05, 0.1) is 84.6 Å². The van der Waals surface area contributed by atoms with Crippen LogP contribution in [-0.4, -0.2) is 143 Å². The van der Waals surface area contributed by atoms with E-state index in [1.54, 1.807) is 24.3 Å². The van der Waals surface area contributed by atoms with Crippen molar-refractivity contribution in [2.75, 3.05) is 0 Å². The molecule has 10 aliphatic rings.